The number of nitrogens with two attached hydrogens (primary N) is 1. The Morgan fingerprint density at radius 1 is 0.855 bits per heavy atom. The van der Waals surface area contributed by atoms with Crippen molar-refractivity contribution in [1.82, 2.24) is 41.0 Å². The van der Waals surface area contributed by atoms with Crippen molar-refractivity contribution in [3.63, 3.8) is 0 Å². The second-order valence-corrected chi connectivity index (χ2v) is 17.8. The maximum Gasteiger partial charge on any atom is 0.305 e. The highest BCUT2D eigenvalue weighted by Gasteiger charge is 2.40. The van der Waals surface area contributed by atoms with Gasteiger partial charge in [0.15, 0.2) is 0 Å². The molecule has 21 heteroatoms. The van der Waals surface area contributed by atoms with Crippen molar-refractivity contribution in [2.45, 2.75) is 88.1 Å². The number of aromatic nitrogens is 3. The zero-order valence-electron chi connectivity index (χ0n) is 33.9. The van der Waals surface area contributed by atoms with E-state index in [1.54, 1.807) is 6.20 Å². The number of aliphatic carboxylic acids is 1. The van der Waals surface area contributed by atoms with E-state index in [0.29, 0.717) is 37.1 Å². The Balaban J connectivity index is 1.21. The highest BCUT2D eigenvalue weighted by molar-refractivity contribution is 8.76. The SMILES string of the molecule is NC(=O)C1CSSCCC(=O)N[C@@H](CCCCn2cc[n+]3ccccc23)C(=O)NCC(=O)N[C@@H](CC(=O)O)C(=O)N[C@@H](Cc2c[nH]c3ccccc23)C(=O)N2CCC[C@H]2C(=O)N1. The van der Waals surface area contributed by atoms with Crippen LogP contribution in [0.25, 0.3) is 16.6 Å². The van der Waals surface area contributed by atoms with E-state index >= 15 is 0 Å². The van der Waals surface area contributed by atoms with Gasteiger partial charge >= 0.3 is 5.97 Å². The summed E-state index contributed by atoms with van der Waals surface area (Å²) in [7, 11) is 2.50. The number of amides is 7. The number of hydrogen-bond donors (Lipinski definition) is 8. The average Bonchev–Trinajstić information content (AvgIpc) is 4.01. The zero-order valence-corrected chi connectivity index (χ0v) is 35.5. The van der Waals surface area contributed by atoms with Crippen LogP contribution in [0.15, 0.2) is 67.3 Å². The highest BCUT2D eigenvalue weighted by atomic mass is 33.1. The molecule has 0 saturated carbocycles. The number of rotatable bonds is 10. The first-order valence-corrected chi connectivity index (χ1v) is 22.9. The molecule has 330 valence electrons. The number of nitrogens with zero attached hydrogens (tertiary/aromatic N) is 3. The molecule has 0 spiro atoms. The molecule has 9 N–H and O–H groups in total. The molecule has 0 aliphatic carbocycles. The summed E-state index contributed by atoms with van der Waals surface area (Å²) in [6, 6.07) is 7.03. The topological polar surface area (TPSA) is 271 Å². The molecule has 2 saturated heterocycles. The van der Waals surface area contributed by atoms with Crippen LogP contribution in [0.5, 0.6) is 0 Å². The largest absolute Gasteiger partial charge is 0.481 e. The smallest absolute Gasteiger partial charge is 0.305 e. The molecule has 1 aromatic carbocycles. The zero-order chi connectivity index (χ0) is 44.2. The fraction of sp³-hybridized carbons (Fsp3) is 0.439. The number of carbonyl (C=O) groups excluding carboxylic acids is 7. The van der Waals surface area contributed by atoms with Crippen molar-refractivity contribution in [3.8, 4) is 0 Å². The summed E-state index contributed by atoms with van der Waals surface area (Å²) >= 11 is 0. The number of imidazole rings is 1. The van der Waals surface area contributed by atoms with Gasteiger partial charge in [-0.25, -0.2) is 8.97 Å². The monoisotopic (exact) mass is 891 g/mol. The van der Waals surface area contributed by atoms with E-state index in [4.69, 9.17) is 5.73 Å². The standard InChI is InChI=1S/C41H50N10O9S2/c42-37(56)31-24-62-61-19-13-33(52)45-28(10-3-5-14-49-17-18-50-15-6-4-12-35(49)50)38(57)44-23-34(53)46-29(21-36(54)55)39(58)47-30(20-25-22-43-27-9-2-1-8-26(25)27)41(60)51-16-7-11-32(51)40(59)48-31/h1-2,4,6,8-9,12,15,17-18,22,28-32,43H,3,5,7,10-11,13-14,16,19-21,23-24H2,(H7-,42,44,45,46,47,48,52,53,54,55,56,57,58,59)/p+1/t28-,29-,30-,31?,32-/m0/s1. The van der Waals surface area contributed by atoms with E-state index in [1.807, 2.05) is 65.5 Å². The first-order valence-electron chi connectivity index (χ1n) is 20.4. The fourth-order valence-electron chi connectivity index (χ4n) is 7.59. The van der Waals surface area contributed by atoms with Gasteiger partial charge in [-0.05, 0) is 49.8 Å². The van der Waals surface area contributed by atoms with Crippen LogP contribution in [-0.4, -0.2) is 122 Å². The maximum atomic E-state index is 14.4. The number of para-hydroxylation sites is 1. The van der Waals surface area contributed by atoms with Gasteiger partial charge in [0.05, 0.1) is 25.7 Å². The van der Waals surface area contributed by atoms with Gasteiger partial charge in [0.1, 0.15) is 42.6 Å². The van der Waals surface area contributed by atoms with Gasteiger partial charge in [0.25, 0.3) is 5.65 Å². The number of carboxylic acid groups (broad SMARTS) is 1. The van der Waals surface area contributed by atoms with Crippen molar-refractivity contribution >= 4 is 85.5 Å². The van der Waals surface area contributed by atoms with E-state index < -0.39 is 90.5 Å². The lowest BCUT2D eigenvalue weighted by atomic mass is 10.0. The number of aromatic amines is 1. The number of carboxylic acids is 1. The number of carbonyl (C=O) groups is 8. The number of pyridine rings is 1. The molecule has 0 radical (unpaired) electrons. The van der Waals surface area contributed by atoms with E-state index in [1.165, 1.54) is 26.5 Å². The van der Waals surface area contributed by atoms with E-state index in [0.717, 1.165) is 16.6 Å². The van der Waals surface area contributed by atoms with Crippen LogP contribution < -0.4 is 36.7 Å². The molecule has 1 unspecified atom stereocenters. The van der Waals surface area contributed by atoms with Gasteiger partial charge in [0.2, 0.25) is 41.4 Å². The molecule has 4 aromatic rings. The normalized spacial score (nSPS) is 22.9. The van der Waals surface area contributed by atoms with Gasteiger partial charge in [0, 0.05) is 54.1 Å². The number of aryl methyl sites for hydroxylation is 1. The number of primary amides is 1. The summed E-state index contributed by atoms with van der Waals surface area (Å²) in [6.07, 6.45) is 8.74. The third-order valence-corrected chi connectivity index (χ3v) is 13.2. The predicted molar refractivity (Wildman–Crippen MR) is 230 cm³/mol. The first-order chi connectivity index (χ1) is 29.9. The summed E-state index contributed by atoms with van der Waals surface area (Å²) in [5.41, 5.74) is 8.08. The van der Waals surface area contributed by atoms with Gasteiger partial charge in [-0.3, -0.25) is 38.4 Å². The molecule has 0 bridgehead atoms. The van der Waals surface area contributed by atoms with Gasteiger partial charge < -0.3 is 47.3 Å². The number of H-pyrrole nitrogens is 1. The summed E-state index contributed by atoms with van der Waals surface area (Å²) in [5.74, 6) is -6.04. The maximum absolute atomic E-state index is 14.4. The van der Waals surface area contributed by atoms with Gasteiger partial charge in [-0.2, -0.15) is 0 Å². The summed E-state index contributed by atoms with van der Waals surface area (Å²) in [4.78, 5) is 111. The molecule has 5 atom stereocenters. The number of nitrogens with one attached hydrogen (secondary N) is 6. The van der Waals surface area contributed by atoms with Gasteiger partial charge in [-0.1, -0.05) is 45.9 Å². The van der Waals surface area contributed by atoms with E-state index in [-0.39, 0.29) is 38.0 Å². The van der Waals surface area contributed by atoms with E-state index in [2.05, 4.69) is 36.1 Å². The third-order valence-electron chi connectivity index (χ3n) is 10.8. The molecule has 2 fully saturated rings. The average molecular weight is 892 g/mol. The Morgan fingerprint density at radius 3 is 2.45 bits per heavy atom. The number of fused-ring (bicyclic) bond motifs is 3. The van der Waals surface area contributed by atoms with Crippen LogP contribution >= 0.6 is 21.6 Å². The lowest BCUT2D eigenvalue weighted by Gasteiger charge is -2.30. The molecular formula is C41H51N10O9S2+. The van der Waals surface area contributed by atoms with Crippen molar-refractivity contribution in [2.75, 3.05) is 24.6 Å². The Bertz CT molecular complexity index is 2300. The summed E-state index contributed by atoms with van der Waals surface area (Å²) < 4.78 is 4.05. The Kier molecular flexibility index (Phi) is 15.8. The molecular weight excluding hydrogens is 841 g/mol. The second kappa shape index (κ2) is 21.6. The minimum atomic E-state index is -1.67. The fourth-order valence-corrected chi connectivity index (χ4v) is 9.76. The van der Waals surface area contributed by atoms with E-state index in [9.17, 15) is 43.5 Å². The molecule has 2 aliphatic heterocycles. The summed E-state index contributed by atoms with van der Waals surface area (Å²) in [5, 5.41) is 23.5. The highest BCUT2D eigenvalue weighted by Crippen LogP contribution is 2.25. The lowest BCUT2D eigenvalue weighted by Crippen LogP contribution is -2.59. The van der Waals surface area contributed by atoms with Crippen molar-refractivity contribution in [2.24, 2.45) is 5.73 Å². The quantitative estimate of drug-likeness (QED) is 0.0593. The number of unbranched alkanes of at least 4 members (excludes halogenated alkanes) is 1. The number of hydrogen-bond acceptors (Lipinski definition) is 10. The molecule has 7 amide bonds. The predicted octanol–water partition coefficient (Wildman–Crippen LogP) is -0.0874. The molecule has 5 heterocycles. The number of benzene rings is 1. The van der Waals surface area contributed by atoms with Crippen LogP contribution in [-0.2, 0) is 51.3 Å². The molecule has 62 heavy (non-hydrogen) atoms. The lowest BCUT2D eigenvalue weighted by molar-refractivity contribution is -0.510. The minimum absolute atomic E-state index is 0.00690. The Hall–Kier alpha value is -6.09. The van der Waals surface area contributed by atoms with Crippen LogP contribution in [0, 0.1) is 0 Å². The van der Waals surface area contributed by atoms with Crippen molar-refractivity contribution in [1.29, 1.82) is 0 Å². The molecule has 3 aromatic heterocycles. The first kappa shape index (κ1) is 45.4. The molecule has 6 rings (SSSR count). The van der Waals surface area contributed by atoms with Crippen LogP contribution in [0.2, 0.25) is 0 Å². The van der Waals surface area contributed by atoms with Gasteiger partial charge in [-0.15, -0.1) is 0 Å². The summed E-state index contributed by atoms with van der Waals surface area (Å²) in [6.45, 7) is 0.160. The molecule has 2 aliphatic rings. The third kappa shape index (κ3) is 12.1. The van der Waals surface area contributed by atoms with Crippen molar-refractivity contribution in [3.05, 3.63) is 72.8 Å². The van der Waals surface area contributed by atoms with Crippen LogP contribution in [0.1, 0.15) is 50.5 Å². The van der Waals surface area contributed by atoms with Crippen LogP contribution in [0.3, 0.4) is 0 Å². The molecule has 19 nitrogen and oxygen atoms in total. The Labute approximate surface area is 364 Å². The Morgan fingerprint density at radius 2 is 1.65 bits per heavy atom. The van der Waals surface area contributed by atoms with Crippen molar-refractivity contribution < 1.29 is 47.9 Å². The second-order valence-electron chi connectivity index (χ2n) is 15.1. The minimum Gasteiger partial charge on any atom is -0.481 e. The van der Waals surface area contributed by atoms with Crippen LogP contribution in [0.4, 0.5) is 0 Å².